The Bertz CT molecular complexity index is 539. The topological polar surface area (TPSA) is 87.7 Å². The first kappa shape index (κ1) is 13.3. The number of hydrogen-bond donors (Lipinski definition) is 3. The largest absolute Gasteiger partial charge is 0.409 e. The minimum Gasteiger partial charge on any atom is -0.409 e. The molecule has 6 heteroatoms. The second-order valence-corrected chi connectivity index (χ2v) is 4.86. The first-order valence-electron chi connectivity index (χ1n) is 6.05. The zero-order valence-electron chi connectivity index (χ0n) is 10.6. The van der Waals surface area contributed by atoms with E-state index in [4.69, 9.17) is 10.9 Å². The Morgan fingerprint density at radius 1 is 1.53 bits per heavy atom. The molecule has 1 aliphatic carbocycles. The summed E-state index contributed by atoms with van der Waals surface area (Å²) in [5.41, 5.74) is 5.52. The van der Waals surface area contributed by atoms with Crippen LogP contribution in [0.25, 0.3) is 0 Å². The summed E-state index contributed by atoms with van der Waals surface area (Å²) in [5.74, 6) is -1.06. The molecule has 5 nitrogen and oxygen atoms in total. The number of aryl methyl sites for hydroxylation is 1. The van der Waals surface area contributed by atoms with Crippen molar-refractivity contribution in [2.45, 2.75) is 26.2 Å². The van der Waals surface area contributed by atoms with Crippen LogP contribution in [0.4, 0.5) is 10.1 Å². The highest BCUT2D eigenvalue weighted by atomic mass is 19.1. The molecule has 0 heterocycles. The number of halogens is 1. The molecule has 19 heavy (non-hydrogen) atoms. The third-order valence-corrected chi connectivity index (χ3v) is 3.61. The van der Waals surface area contributed by atoms with Gasteiger partial charge in [-0.2, -0.15) is 0 Å². The number of nitrogens with zero attached hydrogens (tertiary/aromatic N) is 1. The summed E-state index contributed by atoms with van der Waals surface area (Å²) in [6.45, 7) is 1.80. The van der Waals surface area contributed by atoms with Gasteiger partial charge in [-0.1, -0.05) is 17.6 Å². The number of nitrogens with one attached hydrogen (secondary N) is 1. The maximum Gasteiger partial charge on any atom is 0.238 e. The van der Waals surface area contributed by atoms with E-state index in [0.29, 0.717) is 12.8 Å². The third kappa shape index (κ3) is 2.25. The predicted octanol–water partition coefficient (Wildman–Crippen LogP) is 1.99. The van der Waals surface area contributed by atoms with Crippen LogP contribution in [0.2, 0.25) is 0 Å². The van der Waals surface area contributed by atoms with Crippen molar-refractivity contribution in [3.8, 4) is 0 Å². The van der Waals surface area contributed by atoms with Crippen LogP contribution in [0.3, 0.4) is 0 Å². The monoisotopic (exact) mass is 265 g/mol. The highest BCUT2D eigenvalue weighted by Gasteiger charge is 2.48. The maximum atomic E-state index is 13.6. The first-order chi connectivity index (χ1) is 8.99. The van der Waals surface area contributed by atoms with E-state index in [-0.39, 0.29) is 11.5 Å². The minimum absolute atomic E-state index is 0.113. The SMILES string of the molecule is Cc1ccc(F)c(NC(=O)C2(/C(N)=N/O)CCC2)c1. The molecular formula is C13H16FN3O2. The standard InChI is InChI=1S/C13H16FN3O2/c1-8-3-4-9(14)10(7-8)16-12(18)13(5-2-6-13)11(15)17-19/h3-4,7,19H,2,5-6H2,1H3,(H2,15,17)(H,16,18). The average Bonchev–Trinajstić information content (AvgIpc) is 2.32. The smallest absolute Gasteiger partial charge is 0.238 e. The van der Waals surface area contributed by atoms with Crippen LogP contribution in [-0.2, 0) is 4.79 Å². The van der Waals surface area contributed by atoms with Crippen LogP contribution in [-0.4, -0.2) is 17.0 Å². The van der Waals surface area contributed by atoms with Crippen molar-refractivity contribution in [3.05, 3.63) is 29.6 Å². The Morgan fingerprint density at radius 2 is 2.21 bits per heavy atom. The molecule has 1 aromatic rings. The molecule has 1 fully saturated rings. The summed E-state index contributed by atoms with van der Waals surface area (Å²) < 4.78 is 13.6. The number of carbonyl (C=O) groups is 1. The Labute approximate surface area is 110 Å². The van der Waals surface area contributed by atoms with Gasteiger partial charge in [0.15, 0.2) is 5.84 Å². The van der Waals surface area contributed by atoms with E-state index in [1.807, 2.05) is 0 Å². The first-order valence-corrected chi connectivity index (χ1v) is 6.05. The van der Waals surface area contributed by atoms with Crippen LogP contribution in [0.1, 0.15) is 24.8 Å². The lowest BCUT2D eigenvalue weighted by atomic mass is 9.67. The van der Waals surface area contributed by atoms with Crippen molar-refractivity contribution in [2.75, 3.05) is 5.32 Å². The number of anilines is 1. The van der Waals surface area contributed by atoms with Crippen molar-refractivity contribution < 1.29 is 14.4 Å². The molecule has 0 radical (unpaired) electrons. The Hall–Kier alpha value is -2.11. The fourth-order valence-corrected chi connectivity index (χ4v) is 2.20. The Balaban J connectivity index is 2.23. The van der Waals surface area contributed by atoms with Gasteiger partial charge in [0.1, 0.15) is 11.2 Å². The van der Waals surface area contributed by atoms with Gasteiger partial charge >= 0.3 is 0 Å². The number of oxime groups is 1. The van der Waals surface area contributed by atoms with Crippen LogP contribution in [0.5, 0.6) is 0 Å². The number of rotatable bonds is 3. The third-order valence-electron chi connectivity index (χ3n) is 3.61. The summed E-state index contributed by atoms with van der Waals surface area (Å²) in [5, 5.41) is 14.2. The van der Waals surface area contributed by atoms with Gasteiger partial charge in [0, 0.05) is 0 Å². The Morgan fingerprint density at radius 3 is 2.74 bits per heavy atom. The second kappa shape index (κ2) is 4.87. The zero-order valence-corrected chi connectivity index (χ0v) is 10.6. The molecule has 4 N–H and O–H groups in total. The minimum atomic E-state index is -1.01. The van der Waals surface area contributed by atoms with Gasteiger partial charge in [0.05, 0.1) is 5.69 Å². The van der Waals surface area contributed by atoms with Crippen molar-refractivity contribution in [1.82, 2.24) is 0 Å². The molecule has 0 saturated heterocycles. The van der Waals surface area contributed by atoms with Gasteiger partial charge in [-0.25, -0.2) is 4.39 Å². The van der Waals surface area contributed by atoms with Crippen LogP contribution in [0.15, 0.2) is 23.4 Å². The predicted molar refractivity (Wildman–Crippen MR) is 69.5 cm³/mol. The molecule has 0 bridgehead atoms. The van der Waals surface area contributed by atoms with E-state index < -0.39 is 17.1 Å². The summed E-state index contributed by atoms with van der Waals surface area (Å²) in [7, 11) is 0. The summed E-state index contributed by atoms with van der Waals surface area (Å²) >= 11 is 0. The van der Waals surface area contributed by atoms with Crippen molar-refractivity contribution in [2.24, 2.45) is 16.3 Å². The zero-order chi connectivity index (χ0) is 14.0. The Kier molecular flexibility index (Phi) is 3.42. The van der Waals surface area contributed by atoms with E-state index >= 15 is 0 Å². The summed E-state index contributed by atoms with van der Waals surface area (Å²) in [6, 6.07) is 4.46. The van der Waals surface area contributed by atoms with E-state index in [0.717, 1.165) is 12.0 Å². The van der Waals surface area contributed by atoms with Gasteiger partial charge in [-0.3, -0.25) is 4.79 Å². The number of benzene rings is 1. The quantitative estimate of drug-likeness (QED) is 0.338. The van der Waals surface area contributed by atoms with Crippen LogP contribution >= 0.6 is 0 Å². The second-order valence-electron chi connectivity index (χ2n) is 4.86. The normalized spacial score (nSPS) is 17.7. The van der Waals surface area contributed by atoms with Gasteiger partial charge in [-0.15, -0.1) is 0 Å². The van der Waals surface area contributed by atoms with Crippen LogP contribution in [0, 0.1) is 18.2 Å². The van der Waals surface area contributed by atoms with Crippen molar-refractivity contribution in [3.63, 3.8) is 0 Å². The molecule has 2 rings (SSSR count). The maximum absolute atomic E-state index is 13.6. The van der Waals surface area contributed by atoms with E-state index in [9.17, 15) is 9.18 Å². The fraction of sp³-hybridized carbons (Fsp3) is 0.385. The lowest BCUT2D eigenvalue weighted by Gasteiger charge is -2.38. The van der Waals surface area contributed by atoms with E-state index in [1.165, 1.54) is 6.07 Å². The average molecular weight is 265 g/mol. The van der Waals surface area contributed by atoms with Gasteiger partial charge in [-0.05, 0) is 37.5 Å². The molecule has 1 aliphatic rings. The molecule has 0 spiro atoms. The highest BCUT2D eigenvalue weighted by Crippen LogP contribution is 2.42. The van der Waals surface area contributed by atoms with E-state index in [1.54, 1.807) is 19.1 Å². The van der Waals surface area contributed by atoms with Gasteiger partial charge < -0.3 is 16.3 Å². The molecule has 102 valence electrons. The summed E-state index contributed by atoms with van der Waals surface area (Å²) in [6.07, 6.45) is 1.82. The number of amides is 1. The van der Waals surface area contributed by atoms with Crippen molar-refractivity contribution in [1.29, 1.82) is 0 Å². The van der Waals surface area contributed by atoms with E-state index in [2.05, 4.69) is 10.5 Å². The lowest BCUT2D eigenvalue weighted by Crippen LogP contribution is -2.51. The van der Waals surface area contributed by atoms with Crippen LogP contribution < -0.4 is 11.1 Å². The highest BCUT2D eigenvalue weighted by molar-refractivity contribution is 6.12. The molecule has 0 unspecified atom stereocenters. The molecule has 0 atom stereocenters. The molecule has 0 aromatic heterocycles. The number of amidine groups is 1. The molecule has 0 aliphatic heterocycles. The van der Waals surface area contributed by atoms with Gasteiger partial charge in [0.2, 0.25) is 5.91 Å². The number of carbonyl (C=O) groups excluding carboxylic acids is 1. The fourth-order valence-electron chi connectivity index (χ4n) is 2.20. The molecule has 1 amide bonds. The summed E-state index contributed by atoms with van der Waals surface area (Å²) in [4.78, 5) is 12.2. The lowest BCUT2D eigenvalue weighted by molar-refractivity contribution is -0.125. The van der Waals surface area contributed by atoms with Crippen molar-refractivity contribution >= 4 is 17.4 Å². The number of hydrogen-bond acceptors (Lipinski definition) is 3. The molecule has 1 saturated carbocycles. The molecular weight excluding hydrogens is 249 g/mol. The molecule has 1 aromatic carbocycles. The van der Waals surface area contributed by atoms with Gasteiger partial charge in [0.25, 0.3) is 0 Å². The number of nitrogens with two attached hydrogens (primary N) is 1.